The summed E-state index contributed by atoms with van der Waals surface area (Å²) < 4.78 is 0. The quantitative estimate of drug-likeness (QED) is 0.0622. The highest BCUT2D eigenvalue weighted by Crippen LogP contribution is 2.34. The Balaban J connectivity index is 1.96. The van der Waals surface area contributed by atoms with Gasteiger partial charge in [0, 0.05) is 26.3 Å². The molecule has 1 aliphatic heterocycles. The fraction of sp³-hybridized carbons (Fsp3) is 0.605. The summed E-state index contributed by atoms with van der Waals surface area (Å²) in [5.41, 5.74) is 1.21. The van der Waals surface area contributed by atoms with Crippen LogP contribution in [0.1, 0.15) is 115 Å². The molecule has 1 saturated carbocycles. The number of carbonyl (C=O) groups excluding carboxylic acids is 8. The second-order valence-corrected chi connectivity index (χ2v) is 16.5. The minimum absolute atomic E-state index is 0.0257. The summed E-state index contributed by atoms with van der Waals surface area (Å²) in [5, 5.41) is 42.3. The second-order valence-electron chi connectivity index (χ2n) is 16.5. The number of aliphatic carboxylic acids is 3. The van der Waals surface area contributed by atoms with Gasteiger partial charge in [-0.1, -0.05) is 70.7 Å². The average molecular weight is 900 g/mol. The van der Waals surface area contributed by atoms with E-state index in [1.165, 1.54) is 4.90 Å². The molecule has 64 heavy (non-hydrogen) atoms. The molecule has 1 fully saturated rings. The third kappa shape index (κ3) is 15.4. The van der Waals surface area contributed by atoms with Crippen molar-refractivity contribution in [1.29, 1.82) is 0 Å². The minimum Gasteiger partial charge on any atom is -0.481 e. The van der Waals surface area contributed by atoms with Crippen LogP contribution >= 0.6 is 0 Å². The van der Waals surface area contributed by atoms with Crippen molar-refractivity contribution in [3.63, 3.8) is 0 Å². The molecule has 6 atom stereocenters. The summed E-state index contributed by atoms with van der Waals surface area (Å²) in [6.07, 6.45) is 2.27. The molecule has 21 nitrogen and oxygen atoms in total. The molecule has 1 aromatic carbocycles. The molecular formula is C43H61N7O14. The van der Waals surface area contributed by atoms with E-state index in [0.717, 1.165) is 31.7 Å². The van der Waals surface area contributed by atoms with Gasteiger partial charge in [-0.3, -0.25) is 52.7 Å². The largest absolute Gasteiger partial charge is 0.481 e. The maximum Gasteiger partial charge on any atom is 0.322 e. The lowest BCUT2D eigenvalue weighted by Crippen LogP contribution is -2.62. The van der Waals surface area contributed by atoms with Crippen molar-refractivity contribution in [1.82, 2.24) is 36.8 Å². The highest BCUT2D eigenvalue weighted by Gasteiger charge is 2.43. The number of hydrogen-bond donors (Lipinski definition) is 9. The number of ketones is 1. The standard InChI is InChI=1S/C43H61N7O14/c1-5-11-28(37(58)42(63)44-22-33(56)57)46-41(62)36-27-15-10-9-12-25(27)20-21-50(36)43(64)35(26-13-7-6-8-14-26)49-40(61)34(23(2)3)48-39(60)30(17-19-32(54)55)47-38(59)29(45-24(4)51)16-18-31(52)53/h9-10,12,15,23,26,28-30,34-36H,5-8,11,13-14,16-22H2,1-4H3,(H,44,63)(H,45,51)(H,46,62)(H,47,59)(H,48,60)(H,49,61)(H,52,53)(H,54,55)(H,56,57)/t28?,29-,30-,34-,35-,36-/m0/s1. The van der Waals surface area contributed by atoms with E-state index in [2.05, 4.69) is 26.6 Å². The first-order valence-electron chi connectivity index (χ1n) is 21.6. The Labute approximate surface area is 370 Å². The number of nitrogens with one attached hydrogen (secondary N) is 6. The number of rotatable bonds is 24. The van der Waals surface area contributed by atoms with Gasteiger partial charge < -0.3 is 52.1 Å². The zero-order chi connectivity index (χ0) is 47.7. The highest BCUT2D eigenvalue weighted by atomic mass is 16.4. The second kappa shape index (κ2) is 25.0. The molecule has 1 aliphatic carbocycles. The Morgan fingerprint density at radius 3 is 1.86 bits per heavy atom. The first kappa shape index (κ1) is 51.9. The number of nitrogens with zero attached hydrogens (tertiary/aromatic N) is 1. The van der Waals surface area contributed by atoms with Crippen LogP contribution in [0.15, 0.2) is 24.3 Å². The Morgan fingerprint density at radius 2 is 1.30 bits per heavy atom. The topological polar surface area (TPSA) is 324 Å². The van der Waals surface area contributed by atoms with Crippen LogP contribution in [0, 0.1) is 11.8 Å². The summed E-state index contributed by atoms with van der Waals surface area (Å²) >= 11 is 0. The van der Waals surface area contributed by atoms with Crippen LogP contribution < -0.4 is 31.9 Å². The normalized spacial score (nSPS) is 17.2. The van der Waals surface area contributed by atoms with E-state index in [0.29, 0.717) is 31.2 Å². The van der Waals surface area contributed by atoms with Crippen LogP contribution in [0.3, 0.4) is 0 Å². The number of benzene rings is 1. The molecule has 0 aromatic heterocycles. The van der Waals surface area contributed by atoms with E-state index in [1.807, 2.05) is 5.32 Å². The number of amides is 7. The first-order chi connectivity index (χ1) is 30.2. The van der Waals surface area contributed by atoms with Crippen LogP contribution in [0.5, 0.6) is 0 Å². The third-order valence-electron chi connectivity index (χ3n) is 11.2. The van der Waals surface area contributed by atoms with Crippen LogP contribution in [0.2, 0.25) is 0 Å². The molecule has 2 aliphatic rings. The van der Waals surface area contributed by atoms with Crippen molar-refractivity contribution in [2.24, 2.45) is 11.8 Å². The molecule has 1 aromatic rings. The van der Waals surface area contributed by atoms with Crippen molar-refractivity contribution in [2.75, 3.05) is 13.1 Å². The molecule has 352 valence electrons. The Kier molecular flexibility index (Phi) is 20.3. The molecule has 0 spiro atoms. The molecule has 0 radical (unpaired) electrons. The van der Waals surface area contributed by atoms with E-state index < -0.39 is 139 Å². The van der Waals surface area contributed by atoms with Gasteiger partial charge in [-0.15, -0.1) is 0 Å². The van der Waals surface area contributed by atoms with Crippen molar-refractivity contribution in [3.8, 4) is 0 Å². The van der Waals surface area contributed by atoms with Crippen molar-refractivity contribution >= 4 is 65.0 Å². The van der Waals surface area contributed by atoms with Gasteiger partial charge in [-0.05, 0) is 61.5 Å². The van der Waals surface area contributed by atoms with Crippen LogP contribution in [-0.4, -0.2) is 129 Å². The third-order valence-corrected chi connectivity index (χ3v) is 11.2. The molecule has 1 unspecified atom stereocenters. The fourth-order valence-electron chi connectivity index (χ4n) is 7.95. The van der Waals surface area contributed by atoms with Gasteiger partial charge in [-0.2, -0.15) is 0 Å². The maximum atomic E-state index is 15.0. The van der Waals surface area contributed by atoms with Gasteiger partial charge in [0.1, 0.15) is 36.8 Å². The zero-order valence-electron chi connectivity index (χ0n) is 36.6. The predicted molar refractivity (Wildman–Crippen MR) is 226 cm³/mol. The number of Topliss-reactive ketones (excluding diaryl/α,β-unsaturated/α-hetero) is 1. The van der Waals surface area contributed by atoms with Gasteiger partial charge in [-0.25, -0.2) is 0 Å². The number of hydrogen-bond acceptors (Lipinski definition) is 11. The molecule has 21 heteroatoms. The van der Waals surface area contributed by atoms with Crippen molar-refractivity contribution < 1.29 is 68.1 Å². The Bertz CT molecular complexity index is 1920. The number of carbonyl (C=O) groups is 11. The van der Waals surface area contributed by atoms with E-state index in [-0.39, 0.29) is 19.4 Å². The maximum absolute atomic E-state index is 15.0. The Hall–Kier alpha value is -6.41. The lowest BCUT2D eigenvalue weighted by molar-refractivity contribution is -0.147. The van der Waals surface area contributed by atoms with Crippen LogP contribution in [0.25, 0.3) is 0 Å². The van der Waals surface area contributed by atoms with E-state index in [9.17, 15) is 57.8 Å². The molecule has 0 bridgehead atoms. The summed E-state index contributed by atoms with van der Waals surface area (Å²) in [4.78, 5) is 143. The van der Waals surface area contributed by atoms with Gasteiger partial charge in [0.15, 0.2) is 0 Å². The first-order valence-corrected chi connectivity index (χ1v) is 21.6. The summed E-state index contributed by atoms with van der Waals surface area (Å²) in [5.74, 6) is -12.0. The van der Waals surface area contributed by atoms with Crippen molar-refractivity contribution in [2.45, 2.75) is 141 Å². The van der Waals surface area contributed by atoms with Gasteiger partial charge in [0.2, 0.25) is 41.2 Å². The smallest absolute Gasteiger partial charge is 0.322 e. The molecule has 9 N–H and O–H groups in total. The summed E-state index contributed by atoms with van der Waals surface area (Å²) in [7, 11) is 0. The molecule has 0 saturated heterocycles. The Morgan fingerprint density at radius 1 is 0.703 bits per heavy atom. The van der Waals surface area contributed by atoms with E-state index >= 15 is 0 Å². The summed E-state index contributed by atoms with van der Waals surface area (Å²) in [6, 6.07) is -1.24. The van der Waals surface area contributed by atoms with Gasteiger partial charge in [0.05, 0.1) is 6.04 Å². The van der Waals surface area contributed by atoms with Gasteiger partial charge >= 0.3 is 17.9 Å². The molecular weight excluding hydrogens is 839 g/mol. The fourth-order valence-corrected chi connectivity index (χ4v) is 7.95. The zero-order valence-corrected chi connectivity index (χ0v) is 36.6. The minimum atomic E-state index is -1.55. The molecule has 1 heterocycles. The number of fused-ring (bicyclic) bond motifs is 1. The number of carboxylic acids is 3. The molecule has 7 amide bonds. The lowest BCUT2D eigenvalue weighted by atomic mass is 9.82. The van der Waals surface area contributed by atoms with E-state index in [4.69, 9.17) is 10.2 Å². The highest BCUT2D eigenvalue weighted by molar-refractivity contribution is 6.38. The average Bonchev–Trinajstić information content (AvgIpc) is 3.25. The lowest BCUT2D eigenvalue weighted by Gasteiger charge is -2.41. The monoisotopic (exact) mass is 899 g/mol. The molecule has 3 rings (SSSR count). The van der Waals surface area contributed by atoms with E-state index in [1.54, 1.807) is 45.0 Å². The van der Waals surface area contributed by atoms with Crippen LogP contribution in [-0.2, 0) is 59.2 Å². The summed E-state index contributed by atoms with van der Waals surface area (Å²) in [6.45, 7) is 5.27. The SMILES string of the molecule is CCCC(NC(=O)[C@@H]1c2ccccc2CCN1C(=O)[C@@H](NC(=O)[C@@H](NC(=O)[C@H](CCC(=O)O)NC(=O)[C@H](CCC(=O)O)NC(C)=O)C(C)C)C1CCCCC1)C(=O)C(=O)NCC(=O)O. The predicted octanol–water partition coefficient (Wildman–Crippen LogP) is 0.0922. The number of carboxylic acid groups (broad SMARTS) is 3. The van der Waals surface area contributed by atoms with Gasteiger partial charge in [0.25, 0.3) is 5.91 Å². The van der Waals surface area contributed by atoms with Crippen molar-refractivity contribution in [3.05, 3.63) is 35.4 Å². The van der Waals surface area contributed by atoms with Crippen LogP contribution in [0.4, 0.5) is 0 Å².